The Kier molecular flexibility index (Phi) is 3.70. The van der Waals surface area contributed by atoms with Crippen molar-refractivity contribution in [3.05, 3.63) is 47.3 Å². The molecule has 1 aromatic carbocycles. The Morgan fingerprint density at radius 3 is 2.54 bits per heavy atom. The van der Waals surface area contributed by atoms with E-state index in [0.717, 1.165) is 24.0 Å². The fourth-order valence-corrected chi connectivity index (χ4v) is 4.02. The van der Waals surface area contributed by atoms with Crippen LogP contribution in [0.25, 0.3) is 0 Å². The summed E-state index contributed by atoms with van der Waals surface area (Å²) in [6, 6.07) is 11.8. The van der Waals surface area contributed by atoms with E-state index in [4.69, 9.17) is 9.97 Å². The molecule has 2 aliphatic rings. The molecule has 1 fully saturated rings. The topological polar surface area (TPSA) is 41.0 Å². The van der Waals surface area contributed by atoms with Crippen molar-refractivity contribution in [2.24, 2.45) is 0 Å². The third-order valence-corrected chi connectivity index (χ3v) is 5.07. The van der Waals surface area contributed by atoms with Crippen molar-refractivity contribution in [1.82, 2.24) is 9.97 Å². The van der Waals surface area contributed by atoms with Gasteiger partial charge in [-0.25, -0.2) is 9.97 Å². The van der Waals surface area contributed by atoms with Crippen LogP contribution in [-0.4, -0.2) is 22.6 Å². The molecular weight excluding hydrogens is 296 g/mol. The molecule has 4 heteroatoms. The predicted molar refractivity (Wildman–Crippen MR) is 98.8 cm³/mol. The minimum atomic E-state index is 0.324. The van der Waals surface area contributed by atoms with Gasteiger partial charge in [0, 0.05) is 30.5 Å². The Morgan fingerprint density at radius 2 is 1.83 bits per heavy atom. The van der Waals surface area contributed by atoms with Crippen LogP contribution in [0.15, 0.2) is 30.3 Å². The summed E-state index contributed by atoms with van der Waals surface area (Å²) in [5, 5.41) is 3.45. The van der Waals surface area contributed by atoms with Gasteiger partial charge in [-0.2, -0.15) is 0 Å². The highest BCUT2D eigenvalue weighted by molar-refractivity contribution is 5.57. The molecule has 0 spiro atoms. The van der Waals surface area contributed by atoms with Crippen LogP contribution in [0.3, 0.4) is 0 Å². The van der Waals surface area contributed by atoms with E-state index in [1.165, 1.54) is 17.5 Å². The average Bonchev–Trinajstić information content (AvgIpc) is 3.13. The summed E-state index contributed by atoms with van der Waals surface area (Å²) in [7, 11) is 0. The molecule has 4 nitrogen and oxygen atoms in total. The molecule has 2 atom stereocenters. The first-order valence-electron chi connectivity index (χ1n) is 9.04. The number of nitrogens with one attached hydrogen (secondary N) is 1. The van der Waals surface area contributed by atoms with Gasteiger partial charge in [-0.3, -0.25) is 0 Å². The van der Waals surface area contributed by atoms with Crippen molar-refractivity contribution in [2.75, 3.05) is 16.8 Å². The molecule has 0 amide bonds. The number of benzene rings is 1. The van der Waals surface area contributed by atoms with Crippen molar-refractivity contribution in [2.45, 2.75) is 58.0 Å². The molecule has 1 N–H and O–H groups in total. The van der Waals surface area contributed by atoms with Crippen molar-refractivity contribution in [1.29, 1.82) is 0 Å². The smallest absolute Gasteiger partial charge is 0.135 e. The first-order valence-corrected chi connectivity index (χ1v) is 9.04. The third-order valence-electron chi connectivity index (χ3n) is 5.07. The molecule has 126 valence electrons. The highest BCUT2D eigenvalue weighted by Gasteiger charge is 2.42. The third kappa shape index (κ3) is 2.54. The summed E-state index contributed by atoms with van der Waals surface area (Å²) < 4.78 is 0. The van der Waals surface area contributed by atoms with Gasteiger partial charge in [-0.15, -0.1) is 0 Å². The van der Waals surface area contributed by atoms with Crippen LogP contribution in [0.2, 0.25) is 0 Å². The minimum Gasteiger partial charge on any atom is -0.368 e. The number of fused-ring (bicyclic) bond motifs is 5. The summed E-state index contributed by atoms with van der Waals surface area (Å²) in [5.74, 6) is 3.90. The van der Waals surface area contributed by atoms with Crippen molar-refractivity contribution in [3.8, 4) is 0 Å². The summed E-state index contributed by atoms with van der Waals surface area (Å²) in [5.41, 5.74) is 3.02. The fraction of sp³-hybridized carbons (Fsp3) is 0.500. The predicted octanol–water partition coefficient (Wildman–Crippen LogP) is 4.47. The van der Waals surface area contributed by atoms with Gasteiger partial charge in [-0.05, 0) is 31.4 Å². The van der Waals surface area contributed by atoms with Gasteiger partial charge in [0.05, 0.1) is 6.04 Å². The van der Waals surface area contributed by atoms with Crippen LogP contribution in [0, 0.1) is 0 Å². The van der Waals surface area contributed by atoms with Crippen LogP contribution < -0.4 is 10.2 Å². The van der Waals surface area contributed by atoms with E-state index in [1.807, 2.05) is 0 Å². The quantitative estimate of drug-likeness (QED) is 0.902. The molecule has 2 heterocycles. The maximum atomic E-state index is 4.89. The van der Waals surface area contributed by atoms with E-state index in [2.05, 4.69) is 68.2 Å². The van der Waals surface area contributed by atoms with Crippen LogP contribution in [0.4, 0.5) is 11.6 Å². The van der Waals surface area contributed by atoms with E-state index >= 15 is 0 Å². The van der Waals surface area contributed by atoms with Crippen LogP contribution >= 0.6 is 0 Å². The van der Waals surface area contributed by atoms with Gasteiger partial charge in [0.15, 0.2) is 0 Å². The Labute approximate surface area is 144 Å². The SMILES string of the molecule is CC(C)Nc1cc(N2C[C@H]3C[C@H]2c2ccccc23)nc(C(C)C)n1. The van der Waals surface area contributed by atoms with Gasteiger partial charge >= 0.3 is 0 Å². The van der Waals surface area contributed by atoms with Gasteiger partial charge < -0.3 is 10.2 Å². The highest BCUT2D eigenvalue weighted by Crippen LogP contribution is 2.51. The number of anilines is 2. The molecule has 1 aliphatic carbocycles. The molecule has 1 saturated heterocycles. The maximum absolute atomic E-state index is 4.89. The van der Waals surface area contributed by atoms with E-state index in [0.29, 0.717) is 23.9 Å². The average molecular weight is 322 g/mol. The van der Waals surface area contributed by atoms with Crippen LogP contribution in [0.1, 0.15) is 68.9 Å². The molecule has 2 bridgehead atoms. The van der Waals surface area contributed by atoms with Crippen LogP contribution in [0.5, 0.6) is 0 Å². The lowest BCUT2D eigenvalue weighted by molar-refractivity contribution is 0.708. The minimum absolute atomic E-state index is 0.324. The number of aromatic nitrogens is 2. The highest BCUT2D eigenvalue weighted by atomic mass is 15.3. The number of hydrogen-bond donors (Lipinski definition) is 1. The number of hydrogen-bond acceptors (Lipinski definition) is 4. The molecule has 1 aromatic heterocycles. The molecule has 1 aliphatic heterocycles. The zero-order valence-corrected chi connectivity index (χ0v) is 15.0. The molecule has 2 aromatic rings. The van der Waals surface area contributed by atoms with Crippen molar-refractivity contribution < 1.29 is 0 Å². The Balaban J connectivity index is 1.71. The first kappa shape index (κ1) is 15.4. The van der Waals surface area contributed by atoms with E-state index in [1.54, 1.807) is 0 Å². The Morgan fingerprint density at radius 1 is 1.08 bits per heavy atom. The van der Waals surface area contributed by atoms with Crippen molar-refractivity contribution >= 4 is 11.6 Å². The maximum Gasteiger partial charge on any atom is 0.135 e. The standard InChI is InChI=1S/C20H26N4/c1-12(2)20-22-18(21-13(3)4)10-19(23-20)24-11-14-9-17(24)16-8-6-5-7-15(14)16/h5-8,10,12-14,17H,9,11H2,1-4H3,(H,21,22,23)/t14-,17+/m1/s1. The van der Waals surface area contributed by atoms with Gasteiger partial charge in [-0.1, -0.05) is 38.1 Å². The summed E-state index contributed by atoms with van der Waals surface area (Å²) >= 11 is 0. The summed E-state index contributed by atoms with van der Waals surface area (Å²) in [4.78, 5) is 12.1. The van der Waals surface area contributed by atoms with E-state index < -0.39 is 0 Å². The lowest BCUT2D eigenvalue weighted by atomic mass is 9.99. The zero-order chi connectivity index (χ0) is 16.8. The second-order valence-electron chi connectivity index (χ2n) is 7.65. The molecule has 4 rings (SSSR count). The Hall–Kier alpha value is -2.10. The second-order valence-corrected chi connectivity index (χ2v) is 7.65. The summed E-state index contributed by atoms with van der Waals surface area (Å²) in [6.07, 6.45) is 1.22. The number of nitrogens with zero attached hydrogens (tertiary/aromatic N) is 3. The summed E-state index contributed by atoms with van der Waals surface area (Å²) in [6.45, 7) is 9.67. The monoisotopic (exact) mass is 322 g/mol. The Bertz CT molecular complexity index is 753. The zero-order valence-electron chi connectivity index (χ0n) is 15.0. The number of rotatable bonds is 4. The van der Waals surface area contributed by atoms with E-state index in [9.17, 15) is 0 Å². The molecular formula is C20H26N4. The first-order chi connectivity index (χ1) is 11.5. The molecule has 0 unspecified atom stereocenters. The largest absolute Gasteiger partial charge is 0.368 e. The van der Waals surface area contributed by atoms with Gasteiger partial charge in [0.25, 0.3) is 0 Å². The van der Waals surface area contributed by atoms with Gasteiger partial charge in [0.1, 0.15) is 17.5 Å². The van der Waals surface area contributed by atoms with E-state index in [-0.39, 0.29) is 0 Å². The van der Waals surface area contributed by atoms with Gasteiger partial charge in [0.2, 0.25) is 0 Å². The lowest BCUT2D eigenvalue weighted by Crippen LogP contribution is -2.28. The van der Waals surface area contributed by atoms with Crippen LogP contribution in [-0.2, 0) is 0 Å². The normalized spacial score (nSPS) is 21.7. The molecule has 24 heavy (non-hydrogen) atoms. The lowest BCUT2D eigenvalue weighted by Gasteiger charge is -2.30. The fourth-order valence-electron chi connectivity index (χ4n) is 4.02. The van der Waals surface area contributed by atoms with Crippen molar-refractivity contribution in [3.63, 3.8) is 0 Å². The molecule has 0 radical (unpaired) electrons. The second kappa shape index (κ2) is 5.76. The molecule has 0 saturated carbocycles.